The number of carbonyl (C=O) groups excluding carboxylic acids is 1. The predicted molar refractivity (Wildman–Crippen MR) is 66.3 cm³/mol. The lowest BCUT2D eigenvalue weighted by Crippen LogP contribution is -2.16. The third kappa shape index (κ3) is 2.88. The van der Waals surface area contributed by atoms with Gasteiger partial charge < -0.3 is 4.74 Å². The fraction of sp³-hybridized carbons (Fsp3) is 0.231. The molecule has 0 aliphatic rings. The maximum Gasteiger partial charge on any atom is 0.311 e. The van der Waals surface area contributed by atoms with Gasteiger partial charge in [-0.2, -0.15) is 0 Å². The third-order valence-electron chi connectivity index (χ3n) is 2.59. The van der Waals surface area contributed by atoms with Gasteiger partial charge in [0.05, 0.1) is 20.1 Å². The quantitative estimate of drug-likeness (QED) is 0.816. The van der Waals surface area contributed by atoms with Crippen molar-refractivity contribution in [1.82, 2.24) is 9.78 Å². The minimum absolute atomic E-state index is 0.0769. The summed E-state index contributed by atoms with van der Waals surface area (Å²) >= 11 is 0. The highest BCUT2D eigenvalue weighted by molar-refractivity contribution is 5.71. The van der Waals surface area contributed by atoms with Gasteiger partial charge in [0.15, 0.2) is 0 Å². The molecule has 1 N–H and O–H groups in total. The number of nitrogens with one attached hydrogen (secondary N) is 1. The molecule has 2 aromatic rings. The monoisotopic (exact) mass is 246 g/mol. The van der Waals surface area contributed by atoms with Gasteiger partial charge in [-0.3, -0.25) is 14.7 Å². The molecule has 0 amide bonds. The smallest absolute Gasteiger partial charge is 0.311 e. The van der Waals surface area contributed by atoms with Gasteiger partial charge in [0.25, 0.3) is 5.56 Å². The van der Waals surface area contributed by atoms with Gasteiger partial charge in [-0.25, -0.2) is 4.68 Å². The van der Waals surface area contributed by atoms with Gasteiger partial charge in [0.2, 0.25) is 0 Å². The number of rotatable bonds is 4. The molecule has 0 spiro atoms. The van der Waals surface area contributed by atoms with E-state index in [1.165, 1.54) is 17.9 Å². The standard InChI is InChI=1S/C13H14N2O3/c1-18-13(17)8-11-7-12(16)15(14-11)9-10-5-3-2-4-6-10/h2-7,14H,8-9H2,1H3. The minimum atomic E-state index is -0.372. The van der Waals surface area contributed by atoms with Crippen LogP contribution in [0.1, 0.15) is 11.3 Å². The fourth-order valence-corrected chi connectivity index (χ4v) is 1.69. The maximum atomic E-state index is 11.7. The molecule has 5 heteroatoms. The van der Waals surface area contributed by atoms with E-state index in [1.807, 2.05) is 30.3 Å². The minimum Gasteiger partial charge on any atom is -0.469 e. The Hall–Kier alpha value is -2.30. The van der Waals surface area contributed by atoms with Crippen LogP contribution < -0.4 is 5.56 Å². The fourth-order valence-electron chi connectivity index (χ4n) is 1.69. The Morgan fingerprint density at radius 1 is 1.33 bits per heavy atom. The van der Waals surface area contributed by atoms with Crippen LogP contribution in [0.5, 0.6) is 0 Å². The molecule has 1 aromatic heterocycles. The molecule has 0 fully saturated rings. The first kappa shape index (κ1) is 12.2. The Kier molecular flexibility index (Phi) is 3.62. The number of hydrogen-bond donors (Lipinski definition) is 1. The van der Waals surface area contributed by atoms with Crippen molar-refractivity contribution in [2.24, 2.45) is 0 Å². The Morgan fingerprint density at radius 3 is 2.72 bits per heavy atom. The summed E-state index contributed by atoms with van der Waals surface area (Å²) in [7, 11) is 1.32. The van der Waals surface area contributed by atoms with Gasteiger partial charge in [0.1, 0.15) is 0 Å². The summed E-state index contributed by atoms with van der Waals surface area (Å²) < 4.78 is 6.02. The van der Waals surface area contributed by atoms with Crippen LogP contribution in [0.25, 0.3) is 0 Å². The van der Waals surface area contributed by atoms with Crippen molar-refractivity contribution in [3.05, 3.63) is 58.0 Å². The molecule has 0 saturated carbocycles. The van der Waals surface area contributed by atoms with Crippen molar-refractivity contribution in [3.8, 4) is 0 Å². The number of methoxy groups -OCH3 is 1. The Morgan fingerprint density at radius 2 is 2.06 bits per heavy atom. The van der Waals surface area contributed by atoms with Crippen molar-refractivity contribution in [2.75, 3.05) is 7.11 Å². The molecule has 2 rings (SSSR count). The zero-order chi connectivity index (χ0) is 13.0. The van der Waals surface area contributed by atoms with E-state index in [2.05, 4.69) is 9.84 Å². The summed E-state index contributed by atoms with van der Waals surface area (Å²) in [6.45, 7) is 0.459. The van der Waals surface area contributed by atoms with E-state index in [0.717, 1.165) is 5.56 Å². The second-order valence-electron chi connectivity index (χ2n) is 3.94. The van der Waals surface area contributed by atoms with Crippen molar-refractivity contribution < 1.29 is 9.53 Å². The van der Waals surface area contributed by atoms with E-state index in [4.69, 9.17) is 0 Å². The zero-order valence-corrected chi connectivity index (χ0v) is 10.1. The number of carbonyl (C=O) groups is 1. The van der Waals surface area contributed by atoms with Gasteiger partial charge in [0, 0.05) is 11.8 Å². The number of nitrogens with zero attached hydrogens (tertiary/aromatic N) is 1. The van der Waals surface area contributed by atoms with Crippen molar-refractivity contribution in [1.29, 1.82) is 0 Å². The molecule has 94 valence electrons. The lowest BCUT2D eigenvalue weighted by atomic mass is 10.2. The average molecular weight is 246 g/mol. The molecular weight excluding hydrogens is 232 g/mol. The second-order valence-corrected chi connectivity index (χ2v) is 3.94. The highest BCUT2D eigenvalue weighted by Crippen LogP contribution is 2.01. The average Bonchev–Trinajstić information content (AvgIpc) is 2.71. The molecule has 1 aromatic carbocycles. The first-order valence-electron chi connectivity index (χ1n) is 5.58. The molecule has 0 saturated heterocycles. The number of ether oxygens (including phenoxy) is 1. The second kappa shape index (κ2) is 5.35. The molecule has 1 heterocycles. The van der Waals surface area contributed by atoms with Crippen molar-refractivity contribution in [3.63, 3.8) is 0 Å². The summed E-state index contributed by atoms with van der Waals surface area (Å²) in [5, 5.41) is 2.90. The number of H-pyrrole nitrogens is 1. The molecule has 0 aliphatic heterocycles. The van der Waals surface area contributed by atoms with Crippen LogP contribution in [0.15, 0.2) is 41.2 Å². The van der Waals surface area contributed by atoms with Gasteiger partial charge >= 0.3 is 5.97 Å². The van der Waals surface area contributed by atoms with Crippen molar-refractivity contribution in [2.45, 2.75) is 13.0 Å². The van der Waals surface area contributed by atoms with Crippen LogP contribution in [0, 0.1) is 0 Å². The van der Waals surface area contributed by atoms with E-state index in [0.29, 0.717) is 12.2 Å². The van der Waals surface area contributed by atoms with Crippen LogP contribution in [-0.4, -0.2) is 22.9 Å². The Bertz CT molecular complexity index is 584. The number of aromatic amines is 1. The lowest BCUT2D eigenvalue weighted by molar-refractivity contribution is -0.139. The molecule has 0 unspecified atom stereocenters. The Labute approximate surface area is 104 Å². The van der Waals surface area contributed by atoms with E-state index >= 15 is 0 Å². The summed E-state index contributed by atoms with van der Waals surface area (Å²) in [6.07, 6.45) is 0.0769. The molecule has 0 bridgehead atoms. The van der Waals surface area contributed by atoms with Crippen molar-refractivity contribution >= 4 is 5.97 Å². The summed E-state index contributed by atoms with van der Waals surface area (Å²) in [5.41, 5.74) is 1.42. The van der Waals surface area contributed by atoms with Crippen LogP contribution in [0.4, 0.5) is 0 Å². The van der Waals surface area contributed by atoms with Gasteiger partial charge in [-0.15, -0.1) is 0 Å². The predicted octanol–water partition coefficient (Wildman–Crippen LogP) is 0.940. The lowest BCUT2D eigenvalue weighted by Gasteiger charge is -2.02. The van der Waals surface area contributed by atoms with Crippen LogP contribution >= 0.6 is 0 Å². The number of aromatic nitrogens is 2. The summed E-state index contributed by atoms with van der Waals surface area (Å²) in [6, 6.07) is 11.0. The Balaban J connectivity index is 2.15. The SMILES string of the molecule is COC(=O)Cc1cc(=O)n(Cc2ccccc2)[nH]1. The largest absolute Gasteiger partial charge is 0.469 e. The number of esters is 1. The summed E-state index contributed by atoms with van der Waals surface area (Å²) in [5.74, 6) is -0.372. The zero-order valence-electron chi connectivity index (χ0n) is 10.1. The van der Waals surface area contributed by atoms with Crippen LogP contribution in [-0.2, 0) is 22.5 Å². The maximum absolute atomic E-state index is 11.7. The van der Waals surface area contributed by atoms with E-state index < -0.39 is 0 Å². The summed E-state index contributed by atoms with van der Waals surface area (Å²) in [4.78, 5) is 22.8. The van der Waals surface area contributed by atoms with Gasteiger partial charge in [-0.1, -0.05) is 30.3 Å². The van der Waals surface area contributed by atoms with E-state index in [9.17, 15) is 9.59 Å². The molecule has 5 nitrogen and oxygen atoms in total. The molecule has 0 atom stereocenters. The molecule has 0 radical (unpaired) electrons. The number of benzene rings is 1. The normalized spacial score (nSPS) is 10.3. The molecule has 0 aliphatic carbocycles. The molecule has 18 heavy (non-hydrogen) atoms. The van der Waals surface area contributed by atoms with Crippen LogP contribution in [0.2, 0.25) is 0 Å². The highest BCUT2D eigenvalue weighted by atomic mass is 16.5. The first-order chi connectivity index (χ1) is 8.69. The van der Waals surface area contributed by atoms with Gasteiger partial charge in [-0.05, 0) is 5.56 Å². The topological polar surface area (TPSA) is 64.1 Å². The van der Waals surface area contributed by atoms with E-state index in [-0.39, 0.29) is 17.9 Å². The highest BCUT2D eigenvalue weighted by Gasteiger charge is 2.08. The van der Waals surface area contributed by atoms with E-state index in [1.54, 1.807) is 0 Å². The third-order valence-corrected chi connectivity index (χ3v) is 2.59. The molecular formula is C13H14N2O3. The number of hydrogen-bond acceptors (Lipinski definition) is 3. The van der Waals surface area contributed by atoms with Crippen LogP contribution in [0.3, 0.4) is 0 Å². The first-order valence-corrected chi connectivity index (χ1v) is 5.58.